The molecule has 0 aromatic heterocycles. The van der Waals surface area contributed by atoms with Crippen LogP contribution in [0.15, 0.2) is 42.5 Å². The van der Waals surface area contributed by atoms with Gasteiger partial charge in [-0.25, -0.2) is 0 Å². The molecule has 1 amide bonds. The molecule has 1 N–H and O–H groups in total. The van der Waals surface area contributed by atoms with Gasteiger partial charge >= 0.3 is 0 Å². The topological polar surface area (TPSA) is 64.6 Å². The second-order valence-corrected chi connectivity index (χ2v) is 10.1. The van der Waals surface area contributed by atoms with Gasteiger partial charge < -0.3 is 14.8 Å². The smallest absolute Gasteiger partial charge is 0.236 e. The summed E-state index contributed by atoms with van der Waals surface area (Å²) in [6.07, 6.45) is 2.15. The van der Waals surface area contributed by atoms with Gasteiger partial charge in [0, 0.05) is 28.8 Å². The third-order valence-electron chi connectivity index (χ3n) is 6.97. The van der Waals surface area contributed by atoms with Crippen LogP contribution in [0.2, 0.25) is 10.0 Å². The first-order valence-corrected chi connectivity index (χ1v) is 11.8. The van der Waals surface area contributed by atoms with E-state index in [4.69, 9.17) is 32.7 Å². The summed E-state index contributed by atoms with van der Waals surface area (Å²) in [5.74, 6) is -1.59. The molecule has 3 aliphatic rings. The average molecular weight is 474 g/mol. The lowest BCUT2D eigenvalue weighted by atomic mass is 9.74. The Morgan fingerprint density at radius 3 is 2.19 bits per heavy atom. The van der Waals surface area contributed by atoms with Crippen molar-refractivity contribution < 1.29 is 19.1 Å². The number of ether oxygens (including phenoxy) is 2. The summed E-state index contributed by atoms with van der Waals surface area (Å²) in [6, 6.07) is 12.9. The first kappa shape index (κ1) is 21.9. The second-order valence-electron chi connectivity index (χ2n) is 9.25. The second kappa shape index (κ2) is 8.14. The van der Waals surface area contributed by atoms with Crippen LogP contribution in [0.3, 0.4) is 0 Å². The Labute approximate surface area is 197 Å². The van der Waals surface area contributed by atoms with Crippen molar-refractivity contribution in [2.45, 2.75) is 49.9 Å². The number of halogens is 2. The Kier molecular flexibility index (Phi) is 5.57. The Morgan fingerprint density at radius 2 is 1.53 bits per heavy atom. The molecule has 5 nitrogen and oxygen atoms in total. The number of carbonyl (C=O) groups is 2. The Bertz CT molecular complexity index is 1050. The maximum absolute atomic E-state index is 13.6. The summed E-state index contributed by atoms with van der Waals surface area (Å²) in [4.78, 5) is 26.7. The fourth-order valence-corrected chi connectivity index (χ4v) is 5.38. The van der Waals surface area contributed by atoms with E-state index in [-0.39, 0.29) is 11.7 Å². The van der Waals surface area contributed by atoms with Crippen LogP contribution in [0.25, 0.3) is 11.1 Å². The minimum atomic E-state index is -0.919. The monoisotopic (exact) mass is 473 g/mol. The normalized spacial score (nSPS) is 32.5. The molecule has 7 heteroatoms. The highest BCUT2D eigenvalue weighted by Gasteiger charge is 2.57. The van der Waals surface area contributed by atoms with E-state index in [9.17, 15) is 9.59 Å². The van der Waals surface area contributed by atoms with E-state index in [0.717, 1.165) is 11.1 Å². The lowest BCUT2D eigenvalue weighted by Gasteiger charge is -2.46. The lowest BCUT2D eigenvalue weighted by molar-refractivity contribution is -0.296. The van der Waals surface area contributed by atoms with Crippen LogP contribution in [0, 0.1) is 5.92 Å². The van der Waals surface area contributed by atoms with Gasteiger partial charge in [0.1, 0.15) is 11.5 Å². The summed E-state index contributed by atoms with van der Waals surface area (Å²) in [6.45, 7) is 3.40. The van der Waals surface area contributed by atoms with E-state index < -0.39 is 17.2 Å². The molecule has 0 bridgehead atoms. The molecule has 1 unspecified atom stereocenters. The standard InChI is InChI=1S/C25H25Cl2NO4/c1-15-13-31-25(32-14-15)10-8-24(9-11-25)22(29)21(23(30)28-24)19-12-17(4-7-20(19)27)16-2-5-18(26)6-3-16/h2-7,12,15,21H,8-11,13-14H2,1H3,(H,28,30). The molecule has 0 radical (unpaired) electrons. The van der Waals surface area contributed by atoms with Crippen LogP contribution in [0.1, 0.15) is 44.1 Å². The van der Waals surface area contributed by atoms with Crippen molar-refractivity contribution in [2.24, 2.45) is 5.92 Å². The molecular formula is C25H25Cl2NO4. The Morgan fingerprint density at radius 1 is 0.906 bits per heavy atom. The molecule has 2 spiro atoms. The maximum Gasteiger partial charge on any atom is 0.236 e. The SMILES string of the molecule is CC1COC2(CCC3(CC2)NC(=O)C(c2cc(-c4ccc(Cl)cc4)ccc2Cl)C3=O)OC1. The zero-order chi connectivity index (χ0) is 22.5. The van der Waals surface area contributed by atoms with Crippen molar-refractivity contribution in [3.8, 4) is 11.1 Å². The summed E-state index contributed by atoms with van der Waals surface area (Å²) in [5, 5.41) is 4.07. The van der Waals surface area contributed by atoms with Crippen molar-refractivity contribution in [3.05, 3.63) is 58.1 Å². The van der Waals surface area contributed by atoms with E-state index in [0.29, 0.717) is 60.4 Å². The van der Waals surface area contributed by atoms with Crippen LogP contribution in [-0.4, -0.2) is 36.2 Å². The van der Waals surface area contributed by atoms with Gasteiger partial charge in [0.25, 0.3) is 0 Å². The van der Waals surface area contributed by atoms with E-state index >= 15 is 0 Å². The fourth-order valence-electron chi connectivity index (χ4n) is 5.03. The van der Waals surface area contributed by atoms with Gasteiger partial charge in [-0.15, -0.1) is 0 Å². The molecule has 32 heavy (non-hydrogen) atoms. The number of amides is 1. The lowest BCUT2D eigenvalue weighted by Crippen LogP contribution is -2.56. The molecule has 2 aliphatic heterocycles. The van der Waals surface area contributed by atoms with Crippen molar-refractivity contribution in [2.75, 3.05) is 13.2 Å². The van der Waals surface area contributed by atoms with E-state index in [1.807, 2.05) is 36.4 Å². The Balaban J connectivity index is 1.40. The molecule has 3 fully saturated rings. The first-order valence-electron chi connectivity index (χ1n) is 11.0. The van der Waals surface area contributed by atoms with E-state index in [2.05, 4.69) is 12.2 Å². The number of rotatable bonds is 2. The molecule has 2 heterocycles. The highest BCUT2D eigenvalue weighted by atomic mass is 35.5. The zero-order valence-electron chi connectivity index (χ0n) is 17.8. The van der Waals surface area contributed by atoms with Gasteiger partial charge in [-0.1, -0.05) is 48.3 Å². The third kappa shape index (κ3) is 3.75. The first-order chi connectivity index (χ1) is 15.3. The molecule has 2 saturated heterocycles. The minimum Gasteiger partial charge on any atom is -0.350 e. The van der Waals surface area contributed by atoms with Crippen molar-refractivity contribution in [1.29, 1.82) is 0 Å². The highest BCUT2D eigenvalue weighted by molar-refractivity contribution is 6.33. The molecule has 5 rings (SSSR count). The highest BCUT2D eigenvalue weighted by Crippen LogP contribution is 2.46. The quantitative estimate of drug-likeness (QED) is 0.613. The molecule has 2 aromatic carbocycles. The largest absolute Gasteiger partial charge is 0.350 e. The van der Waals surface area contributed by atoms with Gasteiger partial charge in [0.05, 0.1) is 13.2 Å². The van der Waals surface area contributed by atoms with Crippen LogP contribution >= 0.6 is 23.2 Å². The number of carbonyl (C=O) groups excluding carboxylic acids is 2. The summed E-state index contributed by atoms with van der Waals surface area (Å²) < 4.78 is 12.0. The van der Waals surface area contributed by atoms with Crippen LogP contribution in [0.4, 0.5) is 0 Å². The van der Waals surface area contributed by atoms with Gasteiger partial charge in [0.15, 0.2) is 11.6 Å². The summed E-state index contributed by atoms with van der Waals surface area (Å²) in [7, 11) is 0. The van der Waals surface area contributed by atoms with Gasteiger partial charge in [-0.05, 0) is 53.8 Å². The van der Waals surface area contributed by atoms with Crippen molar-refractivity contribution in [1.82, 2.24) is 5.32 Å². The molecule has 1 saturated carbocycles. The summed E-state index contributed by atoms with van der Waals surface area (Å²) in [5.41, 5.74) is 1.47. The average Bonchev–Trinajstić information content (AvgIpc) is 3.03. The molecular weight excluding hydrogens is 449 g/mol. The fraction of sp³-hybridized carbons (Fsp3) is 0.440. The number of ketones is 1. The number of hydrogen-bond acceptors (Lipinski definition) is 4. The molecule has 1 aliphatic carbocycles. The van der Waals surface area contributed by atoms with Gasteiger partial charge in [0.2, 0.25) is 5.91 Å². The Hall–Kier alpha value is -1.92. The van der Waals surface area contributed by atoms with Gasteiger partial charge in [-0.3, -0.25) is 9.59 Å². The van der Waals surface area contributed by atoms with Gasteiger partial charge in [-0.2, -0.15) is 0 Å². The predicted octanol–water partition coefficient (Wildman–Crippen LogP) is 5.13. The predicted molar refractivity (Wildman–Crippen MR) is 123 cm³/mol. The molecule has 168 valence electrons. The zero-order valence-corrected chi connectivity index (χ0v) is 19.3. The molecule has 2 aromatic rings. The van der Waals surface area contributed by atoms with E-state index in [1.54, 1.807) is 6.07 Å². The maximum atomic E-state index is 13.6. The third-order valence-corrected chi connectivity index (χ3v) is 7.57. The van der Waals surface area contributed by atoms with Crippen molar-refractivity contribution in [3.63, 3.8) is 0 Å². The van der Waals surface area contributed by atoms with Crippen LogP contribution < -0.4 is 5.32 Å². The number of hydrogen-bond donors (Lipinski definition) is 1. The summed E-state index contributed by atoms with van der Waals surface area (Å²) >= 11 is 12.5. The van der Waals surface area contributed by atoms with Crippen molar-refractivity contribution >= 4 is 34.9 Å². The molecule has 1 atom stereocenters. The number of nitrogens with one attached hydrogen (secondary N) is 1. The van der Waals surface area contributed by atoms with Crippen LogP contribution in [-0.2, 0) is 19.1 Å². The minimum absolute atomic E-state index is 0.114. The number of benzene rings is 2. The van der Waals surface area contributed by atoms with Crippen LogP contribution in [0.5, 0.6) is 0 Å². The number of Topliss-reactive ketones (excluding diaryl/α,β-unsaturated/α-hetero) is 1. The van der Waals surface area contributed by atoms with E-state index in [1.165, 1.54) is 0 Å².